The Hall–Kier alpha value is -0.330. The second-order valence-corrected chi connectivity index (χ2v) is 4.04. The van der Waals surface area contributed by atoms with E-state index in [-0.39, 0.29) is 0 Å². The molecule has 15 heavy (non-hydrogen) atoms. The number of aliphatic hydroxyl groups excluding tert-OH is 1. The van der Waals surface area contributed by atoms with Crippen molar-refractivity contribution < 1.29 is 18.3 Å². The molecule has 3 nitrogen and oxygen atoms in total. The van der Waals surface area contributed by atoms with Gasteiger partial charge in [0.2, 0.25) is 0 Å². The number of aliphatic hydroxyl groups is 1. The van der Waals surface area contributed by atoms with E-state index < -0.39 is 18.8 Å². The molecule has 0 aromatic rings. The third-order valence-electron chi connectivity index (χ3n) is 2.39. The van der Waals surface area contributed by atoms with E-state index in [1.807, 2.05) is 4.90 Å². The molecule has 6 heteroatoms. The molecule has 0 amide bonds. The predicted octanol–water partition coefficient (Wildman–Crippen LogP) is 0.547. The van der Waals surface area contributed by atoms with Crippen LogP contribution in [0.3, 0.4) is 0 Å². The first-order valence-corrected chi connectivity index (χ1v) is 5.06. The average Bonchev–Trinajstić information content (AvgIpc) is 2.05. The minimum absolute atomic E-state index is 0.417. The molecule has 90 valence electrons. The molecule has 1 N–H and O–H groups in total. The maximum absolute atomic E-state index is 12.1. The lowest BCUT2D eigenvalue weighted by Gasteiger charge is -2.35. The largest absolute Gasteiger partial charge is 0.401 e. The summed E-state index contributed by atoms with van der Waals surface area (Å²) in [6, 6.07) is 0. The first-order chi connectivity index (χ1) is 6.87. The van der Waals surface area contributed by atoms with Crippen molar-refractivity contribution in [2.45, 2.75) is 19.2 Å². The molecular formula is C9H17F3N2O. The van der Waals surface area contributed by atoms with E-state index >= 15 is 0 Å². The van der Waals surface area contributed by atoms with E-state index in [0.29, 0.717) is 32.7 Å². The van der Waals surface area contributed by atoms with Gasteiger partial charge in [-0.05, 0) is 6.92 Å². The Morgan fingerprint density at radius 2 is 1.60 bits per heavy atom. The quantitative estimate of drug-likeness (QED) is 0.761. The first kappa shape index (κ1) is 12.7. The van der Waals surface area contributed by atoms with Gasteiger partial charge in [0.15, 0.2) is 0 Å². The first-order valence-electron chi connectivity index (χ1n) is 5.06. The zero-order chi connectivity index (χ0) is 11.5. The van der Waals surface area contributed by atoms with Crippen molar-refractivity contribution in [3.8, 4) is 0 Å². The van der Waals surface area contributed by atoms with Crippen molar-refractivity contribution in [3.05, 3.63) is 0 Å². The van der Waals surface area contributed by atoms with Crippen LogP contribution in [0.5, 0.6) is 0 Å². The molecule has 0 saturated carbocycles. The van der Waals surface area contributed by atoms with Gasteiger partial charge in [-0.1, -0.05) is 0 Å². The summed E-state index contributed by atoms with van der Waals surface area (Å²) < 4.78 is 36.2. The number of alkyl halides is 3. The molecule has 0 aliphatic carbocycles. The second-order valence-electron chi connectivity index (χ2n) is 4.04. The molecule has 0 aromatic heterocycles. The van der Waals surface area contributed by atoms with Gasteiger partial charge >= 0.3 is 6.18 Å². The van der Waals surface area contributed by atoms with Crippen molar-refractivity contribution in [1.29, 1.82) is 0 Å². The van der Waals surface area contributed by atoms with Crippen LogP contribution in [0.25, 0.3) is 0 Å². The van der Waals surface area contributed by atoms with Gasteiger partial charge in [0.05, 0.1) is 12.6 Å². The number of nitrogens with zero attached hydrogens (tertiary/aromatic N) is 2. The fourth-order valence-corrected chi connectivity index (χ4v) is 1.76. The molecule has 1 rings (SSSR count). The lowest BCUT2D eigenvalue weighted by molar-refractivity contribution is -0.149. The van der Waals surface area contributed by atoms with Gasteiger partial charge in [0, 0.05) is 32.7 Å². The van der Waals surface area contributed by atoms with E-state index in [1.165, 1.54) is 4.90 Å². The van der Waals surface area contributed by atoms with Gasteiger partial charge in [-0.3, -0.25) is 9.80 Å². The number of rotatable bonds is 3. The Bertz CT molecular complexity index is 188. The summed E-state index contributed by atoms with van der Waals surface area (Å²) in [5.41, 5.74) is 0. The highest BCUT2D eigenvalue weighted by atomic mass is 19.4. The lowest BCUT2D eigenvalue weighted by Crippen LogP contribution is -2.50. The Morgan fingerprint density at radius 3 is 2.00 bits per heavy atom. The average molecular weight is 226 g/mol. The maximum Gasteiger partial charge on any atom is 0.401 e. The molecule has 0 spiro atoms. The van der Waals surface area contributed by atoms with E-state index in [0.717, 1.165) is 0 Å². The Balaban J connectivity index is 2.24. The highest BCUT2D eigenvalue weighted by molar-refractivity contribution is 4.74. The third-order valence-corrected chi connectivity index (χ3v) is 2.39. The molecule has 1 saturated heterocycles. The SMILES string of the molecule is C[C@@H](O)CN1CCN(CC(F)(F)F)CC1. The minimum atomic E-state index is -4.10. The van der Waals surface area contributed by atoms with E-state index in [2.05, 4.69) is 0 Å². The maximum atomic E-state index is 12.1. The highest BCUT2D eigenvalue weighted by Crippen LogP contribution is 2.17. The minimum Gasteiger partial charge on any atom is -0.392 e. The summed E-state index contributed by atoms with van der Waals surface area (Å²) in [5, 5.41) is 9.12. The zero-order valence-electron chi connectivity index (χ0n) is 8.80. The number of piperazine rings is 1. The number of hydrogen-bond acceptors (Lipinski definition) is 3. The lowest BCUT2D eigenvalue weighted by atomic mass is 10.3. The van der Waals surface area contributed by atoms with Crippen LogP contribution in [-0.4, -0.2) is 66.5 Å². The van der Waals surface area contributed by atoms with Crippen molar-refractivity contribution in [2.24, 2.45) is 0 Å². The molecule has 0 aromatic carbocycles. The summed E-state index contributed by atoms with van der Waals surface area (Å²) in [6.45, 7) is 3.44. The van der Waals surface area contributed by atoms with Crippen LogP contribution in [0.4, 0.5) is 13.2 Å². The summed E-state index contributed by atoms with van der Waals surface area (Å²) in [6.07, 6.45) is -4.52. The van der Waals surface area contributed by atoms with Crippen LogP contribution >= 0.6 is 0 Å². The molecule has 1 heterocycles. The number of halogens is 3. The summed E-state index contributed by atoms with van der Waals surface area (Å²) in [4.78, 5) is 3.39. The van der Waals surface area contributed by atoms with Gasteiger partial charge in [-0.15, -0.1) is 0 Å². The molecule has 1 aliphatic heterocycles. The summed E-state index contributed by atoms with van der Waals surface area (Å²) in [7, 11) is 0. The van der Waals surface area contributed by atoms with Gasteiger partial charge < -0.3 is 5.11 Å². The molecule has 1 atom stereocenters. The van der Waals surface area contributed by atoms with Crippen molar-refractivity contribution in [1.82, 2.24) is 9.80 Å². The molecule has 1 aliphatic rings. The second kappa shape index (κ2) is 5.14. The Labute approximate surface area is 87.5 Å². The normalized spacial score (nSPS) is 23.0. The van der Waals surface area contributed by atoms with Crippen LogP contribution in [0.15, 0.2) is 0 Å². The van der Waals surface area contributed by atoms with Crippen LogP contribution in [0, 0.1) is 0 Å². The van der Waals surface area contributed by atoms with Crippen LogP contribution < -0.4 is 0 Å². The third kappa shape index (κ3) is 5.34. The Kier molecular flexibility index (Phi) is 4.36. The van der Waals surface area contributed by atoms with Crippen molar-refractivity contribution in [3.63, 3.8) is 0 Å². The number of hydrogen-bond donors (Lipinski definition) is 1. The van der Waals surface area contributed by atoms with Crippen molar-refractivity contribution in [2.75, 3.05) is 39.3 Å². The van der Waals surface area contributed by atoms with Gasteiger partial charge in [0.1, 0.15) is 0 Å². The van der Waals surface area contributed by atoms with Crippen LogP contribution in [-0.2, 0) is 0 Å². The summed E-state index contributed by atoms with van der Waals surface area (Å²) in [5.74, 6) is 0. The van der Waals surface area contributed by atoms with Gasteiger partial charge in [-0.2, -0.15) is 13.2 Å². The Morgan fingerprint density at radius 1 is 1.13 bits per heavy atom. The molecule has 0 unspecified atom stereocenters. The number of β-amino-alcohol motifs (C(OH)–C–C–N with tert-alkyl or cyclic N) is 1. The van der Waals surface area contributed by atoms with Crippen LogP contribution in [0.1, 0.15) is 6.92 Å². The topological polar surface area (TPSA) is 26.7 Å². The summed E-state index contributed by atoms with van der Waals surface area (Å²) >= 11 is 0. The molecular weight excluding hydrogens is 209 g/mol. The molecule has 0 bridgehead atoms. The van der Waals surface area contributed by atoms with Gasteiger partial charge in [0.25, 0.3) is 0 Å². The fourth-order valence-electron chi connectivity index (χ4n) is 1.76. The van der Waals surface area contributed by atoms with Crippen LogP contribution in [0.2, 0.25) is 0 Å². The standard InChI is InChI=1S/C9H17F3N2O/c1-8(15)6-13-2-4-14(5-3-13)7-9(10,11)12/h8,15H,2-7H2,1H3/t8-/m1/s1. The fraction of sp³-hybridized carbons (Fsp3) is 1.00. The molecule has 1 fully saturated rings. The smallest absolute Gasteiger partial charge is 0.392 e. The van der Waals surface area contributed by atoms with E-state index in [4.69, 9.17) is 5.11 Å². The predicted molar refractivity (Wildman–Crippen MR) is 50.6 cm³/mol. The monoisotopic (exact) mass is 226 g/mol. The zero-order valence-corrected chi connectivity index (χ0v) is 8.80. The van der Waals surface area contributed by atoms with Crippen molar-refractivity contribution >= 4 is 0 Å². The molecule has 0 radical (unpaired) electrons. The van der Waals surface area contributed by atoms with Gasteiger partial charge in [-0.25, -0.2) is 0 Å². The van der Waals surface area contributed by atoms with E-state index in [9.17, 15) is 13.2 Å². The highest BCUT2D eigenvalue weighted by Gasteiger charge is 2.32. The van der Waals surface area contributed by atoms with E-state index in [1.54, 1.807) is 6.92 Å².